The maximum absolute atomic E-state index is 4.69. The molecule has 1 aromatic carbocycles. The Bertz CT molecular complexity index is 625. The fraction of sp³-hybridized carbons (Fsp3) is 0.133. The summed E-state index contributed by atoms with van der Waals surface area (Å²) in [6, 6.07) is 10.6. The van der Waals surface area contributed by atoms with Crippen LogP contribution in [0.15, 0.2) is 61.5 Å². The van der Waals surface area contributed by atoms with Gasteiger partial charge in [0.2, 0.25) is 0 Å². The van der Waals surface area contributed by atoms with E-state index in [9.17, 15) is 0 Å². The Balaban J connectivity index is 0.000000902. The second-order valence-corrected chi connectivity index (χ2v) is 5.63. The minimum Gasteiger partial charge on any atom is -1.00 e. The molecule has 0 spiro atoms. The summed E-state index contributed by atoms with van der Waals surface area (Å²) in [5, 5.41) is 0. The van der Waals surface area contributed by atoms with Crippen molar-refractivity contribution in [3.05, 3.63) is 62.1 Å². The first kappa shape index (κ1) is 16.6. The number of halogens is 2. The van der Waals surface area contributed by atoms with Gasteiger partial charge >= 0.3 is 117 Å². The number of fused-ring (bicyclic) bond motifs is 1. The van der Waals surface area contributed by atoms with E-state index in [4.69, 9.17) is 0 Å². The maximum Gasteiger partial charge on any atom is -1.00 e. The molecule has 95 valence electrons. The molecule has 0 atom stereocenters. The maximum atomic E-state index is 4.69. The molecule has 0 saturated heterocycles. The number of hydrogen-bond acceptors (Lipinski definition) is 1. The summed E-state index contributed by atoms with van der Waals surface area (Å²) in [6.07, 6.45) is 2.21. The minimum absolute atomic E-state index is 0. The van der Waals surface area contributed by atoms with E-state index in [1.54, 1.807) is 0 Å². The van der Waals surface area contributed by atoms with Gasteiger partial charge in [0.15, 0.2) is 0 Å². The van der Waals surface area contributed by atoms with E-state index < -0.39 is 0 Å². The van der Waals surface area contributed by atoms with Crippen LogP contribution in [-0.2, 0) is 24.7 Å². The zero-order valence-corrected chi connectivity index (χ0v) is 14.6. The molecular weight excluding hydrogens is 356 g/mol. The summed E-state index contributed by atoms with van der Waals surface area (Å²) in [5.41, 5.74) is 7.64. The predicted octanol–water partition coefficient (Wildman–Crippen LogP) is -2.36. The largest absolute Gasteiger partial charge is 1.00 e. The van der Waals surface area contributed by atoms with E-state index in [1.165, 1.54) is 50.3 Å². The number of hydrogen-bond donors (Lipinski definition) is 0. The molecule has 1 aromatic rings. The molecule has 0 unspecified atom stereocenters. The molecule has 1 aliphatic heterocycles. The van der Waals surface area contributed by atoms with E-state index in [1.807, 2.05) is 0 Å². The molecular formula is C15H12Cl2NZr. The van der Waals surface area contributed by atoms with Crippen molar-refractivity contribution in [2.75, 3.05) is 0 Å². The first-order valence-electron chi connectivity index (χ1n) is 5.69. The molecule has 0 N–H and O–H groups in total. The summed E-state index contributed by atoms with van der Waals surface area (Å²) in [5.74, 6) is 0. The molecule has 0 radical (unpaired) electrons. The third-order valence-corrected chi connectivity index (χ3v) is 4.80. The first-order chi connectivity index (χ1) is 8.18. The van der Waals surface area contributed by atoms with E-state index in [0.29, 0.717) is 0 Å². The number of benzene rings is 1. The minimum atomic E-state index is 0. The quantitative estimate of drug-likeness (QED) is 0.526. The Morgan fingerprint density at radius 2 is 1.58 bits per heavy atom. The van der Waals surface area contributed by atoms with Crippen LogP contribution >= 0.6 is 0 Å². The monoisotopic (exact) mass is 366 g/mol. The van der Waals surface area contributed by atoms with Crippen molar-refractivity contribution >= 4 is 11.3 Å². The Morgan fingerprint density at radius 3 is 2.21 bits per heavy atom. The molecule has 0 saturated carbocycles. The zero-order chi connectivity index (χ0) is 12.0. The van der Waals surface area contributed by atoms with Crippen LogP contribution in [0.5, 0.6) is 0 Å². The van der Waals surface area contributed by atoms with Gasteiger partial charge in [0.05, 0.1) is 0 Å². The van der Waals surface area contributed by atoms with E-state index in [-0.39, 0.29) is 24.8 Å². The average Bonchev–Trinajstić information content (AvgIpc) is 2.77. The van der Waals surface area contributed by atoms with E-state index in [0.717, 1.165) is 11.4 Å². The summed E-state index contributed by atoms with van der Waals surface area (Å²) in [4.78, 5) is 4.69. The fourth-order valence-electron chi connectivity index (χ4n) is 2.39. The normalized spacial score (nSPS) is 16.6. The molecule has 0 bridgehead atoms. The van der Waals surface area contributed by atoms with Crippen molar-refractivity contribution in [2.45, 2.75) is 13.8 Å². The van der Waals surface area contributed by atoms with Crippen molar-refractivity contribution < 1.29 is 49.5 Å². The van der Waals surface area contributed by atoms with Gasteiger partial charge in [-0.3, -0.25) is 0 Å². The molecule has 1 aliphatic carbocycles. The van der Waals surface area contributed by atoms with Crippen LogP contribution < -0.4 is 24.8 Å². The van der Waals surface area contributed by atoms with Gasteiger partial charge in [-0.1, -0.05) is 0 Å². The molecule has 1 nitrogen and oxygen atoms in total. The number of allylic oxidation sites excluding steroid dienone is 4. The number of rotatable bonds is 1. The fourth-order valence-corrected chi connectivity index (χ4v) is 3.19. The Hall–Kier alpha value is -0.427. The molecule has 1 heterocycles. The van der Waals surface area contributed by atoms with Crippen molar-refractivity contribution in [3.63, 3.8) is 0 Å². The van der Waals surface area contributed by atoms with Gasteiger partial charge in [0, 0.05) is 0 Å². The third-order valence-electron chi connectivity index (χ3n) is 3.22. The molecule has 3 rings (SSSR count). The van der Waals surface area contributed by atoms with Crippen LogP contribution in [0.1, 0.15) is 19.4 Å². The Morgan fingerprint density at radius 1 is 0.947 bits per heavy atom. The van der Waals surface area contributed by atoms with Crippen LogP contribution in [0.3, 0.4) is 0 Å². The van der Waals surface area contributed by atoms with Crippen molar-refractivity contribution in [1.82, 2.24) is 0 Å². The molecule has 19 heavy (non-hydrogen) atoms. The van der Waals surface area contributed by atoms with Crippen molar-refractivity contribution in [1.29, 1.82) is 0 Å². The molecule has 2 aliphatic rings. The molecule has 4 heteroatoms. The van der Waals surface area contributed by atoms with Crippen LogP contribution in [0.25, 0.3) is 5.57 Å². The predicted molar refractivity (Wildman–Crippen MR) is 67.3 cm³/mol. The van der Waals surface area contributed by atoms with E-state index in [2.05, 4.69) is 55.2 Å². The van der Waals surface area contributed by atoms with Crippen LogP contribution in [0, 0.1) is 0 Å². The second kappa shape index (κ2) is 6.35. The van der Waals surface area contributed by atoms with Crippen LogP contribution in [0.4, 0.5) is 0 Å². The topological polar surface area (TPSA) is 12.4 Å². The van der Waals surface area contributed by atoms with Gasteiger partial charge in [-0.2, -0.15) is 0 Å². The average molecular weight is 368 g/mol. The van der Waals surface area contributed by atoms with Gasteiger partial charge in [-0.25, -0.2) is 0 Å². The second-order valence-electron chi connectivity index (χ2n) is 4.40. The number of nitrogens with zero attached hydrogens (tertiary/aromatic N) is 1. The van der Waals surface area contributed by atoms with Crippen LogP contribution in [-0.4, -0.2) is 5.71 Å². The van der Waals surface area contributed by atoms with Gasteiger partial charge in [-0.15, -0.1) is 0 Å². The summed E-state index contributed by atoms with van der Waals surface area (Å²) < 4.78 is 1.45. The Kier molecular flexibility index (Phi) is 5.56. The summed E-state index contributed by atoms with van der Waals surface area (Å²) in [7, 11) is 0. The SMILES string of the molecule is CC1=NC2=CC(C)=[C]([Zr+2])C2=C1c1ccccc1.[Cl-].[Cl-]. The van der Waals surface area contributed by atoms with Gasteiger partial charge < -0.3 is 24.8 Å². The van der Waals surface area contributed by atoms with E-state index >= 15 is 0 Å². The van der Waals surface area contributed by atoms with Gasteiger partial charge in [0.1, 0.15) is 0 Å². The third kappa shape index (κ3) is 2.72. The molecule has 0 amide bonds. The van der Waals surface area contributed by atoms with Gasteiger partial charge in [0.25, 0.3) is 0 Å². The smallest absolute Gasteiger partial charge is 1.00 e. The Labute approximate surface area is 141 Å². The molecule has 0 aromatic heterocycles. The number of aliphatic imine (C=N–C) groups is 1. The first-order valence-corrected chi connectivity index (χ1v) is 6.91. The zero-order valence-electron chi connectivity index (χ0n) is 10.7. The van der Waals surface area contributed by atoms with Crippen LogP contribution in [0.2, 0.25) is 0 Å². The standard InChI is InChI=1S/C15H12N.2ClH.Zr/c1-10-8-13-14(9-10)16-11(2)15(13)12-6-4-3-5-7-12;;;/h3-7,9H,1-2H3;2*1H;/q;;;+2/p-2. The van der Waals surface area contributed by atoms with Crippen molar-refractivity contribution in [2.24, 2.45) is 4.99 Å². The van der Waals surface area contributed by atoms with Crippen molar-refractivity contribution in [3.8, 4) is 0 Å². The summed E-state index contributed by atoms with van der Waals surface area (Å²) in [6.45, 7) is 4.28. The van der Waals surface area contributed by atoms with Gasteiger partial charge in [-0.05, 0) is 0 Å². The molecule has 0 fully saturated rings. The summed E-state index contributed by atoms with van der Waals surface area (Å²) >= 11 is 1.47.